The lowest BCUT2D eigenvalue weighted by atomic mass is 10.1. The Morgan fingerprint density at radius 1 is 1.32 bits per heavy atom. The molecule has 0 spiro atoms. The van der Waals surface area contributed by atoms with Gasteiger partial charge in [0.15, 0.2) is 11.6 Å². The Bertz CT molecular complexity index is 530. The average molecular weight is 280 g/mol. The van der Waals surface area contributed by atoms with Crippen molar-refractivity contribution in [2.24, 2.45) is 0 Å². The van der Waals surface area contributed by atoms with Crippen LogP contribution >= 0.6 is 11.3 Å². The van der Waals surface area contributed by atoms with Gasteiger partial charge in [-0.1, -0.05) is 6.07 Å². The molecule has 0 aliphatic heterocycles. The van der Waals surface area contributed by atoms with Crippen molar-refractivity contribution in [2.75, 3.05) is 7.11 Å². The minimum absolute atomic E-state index is 0.0532. The highest BCUT2D eigenvalue weighted by molar-refractivity contribution is 7.09. The number of hydrogen-bond acceptors (Lipinski definition) is 4. The highest BCUT2D eigenvalue weighted by Crippen LogP contribution is 2.25. The zero-order valence-electron chi connectivity index (χ0n) is 11.2. The van der Waals surface area contributed by atoms with Gasteiger partial charge in [-0.15, -0.1) is 11.3 Å². The normalized spacial score (nSPS) is 14.1. The number of nitrogens with one attached hydrogen (secondary N) is 1. The van der Waals surface area contributed by atoms with Crippen molar-refractivity contribution < 1.29 is 9.13 Å². The summed E-state index contributed by atoms with van der Waals surface area (Å²) < 4.78 is 18.6. The van der Waals surface area contributed by atoms with Crippen molar-refractivity contribution in [3.8, 4) is 5.75 Å². The molecule has 2 unspecified atom stereocenters. The molecule has 2 aromatic rings. The Labute approximate surface area is 116 Å². The van der Waals surface area contributed by atoms with Crippen molar-refractivity contribution in [1.82, 2.24) is 10.3 Å². The van der Waals surface area contributed by atoms with Crippen molar-refractivity contribution in [3.05, 3.63) is 46.2 Å². The number of rotatable bonds is 5. The van der Waals surface area contributed by atoms with Crippen molar-refractivity contribution >= 4 is 11.3 Å². The summed E-state index contributed by atoms with van der Waals surface area (Å²) in [5.41, 5.74) is 2.71. The largest absolute Gasteiger partial charge is 0.494 e. The molecule has 102 valence electrons. The van der Waals surface area contributed by atoms with Gasteiger partial charge >= 0.3 is 0 Å². The van der Waals surface area contributed by atoms with Crippen LogP contribution in [-0.4, -0.2) is 12.1 Å². The molecular weight excluding hydrogens is 263 g/mol. The molecule has 1 aromatic carbocycles. The van der Waals surface area contributed by atoms with Crippen LogP contribution in [0.2, 0.25) is 0 Å². The highest BCUT2D eigenvalue weighted by atomic mass is 32.1. The summed E-state index contributed by atoms with van der Waals surface area (Å²) in [7, 11) is 1.46. The van der Waals surface area contributed by atoms with Gasteiger partial charge in [0.1, 0.15) is 0 Å². The number of benzene rings is 1. The Hall–Kier alpha value is -1.46. The number of hydrogen-bond donors (Lipinski definition) is 1. The van der Waals surface area contributed by atoms with Gasteiger partial charge in [0.25, 0.3) is 0 Å². The third-order valence-electron chi connectivity index (χ3n) is 3.05. The van der Waals surface area contributed by atoms with Crippen LogP contribution < -0.4 is 10.1 Å². The number of methoxy groups -OCH3 is 1. The van der Waals surface area contributed by atoms with E-state index in [1.807, 2.05) is 24.7 Å². The van der Waals surface area contributed by atoms with E-state index < -0.39 is 0 Å². The van der Waals surface area contributed by atoms with Crippen LogP contribution in [0.5, 0.6) is 5.75 Å². The second kappa shape index (κ2) is 6.12. The lowest BCUT2D eigenvalue weighted by Crippen LogP contribution is -2.21. The highest BCUT2D eigenvalue weighted by Gasteiger charge is 2.14. The molecule has 2 atom stereocenters. The van der Waals surface area contributed by atoms with Crippen LogP contribution in [-0.2, 0) is 0 Å². The van der Waals surface area contributed by atoms with Crippen LogP contribution in [0.15, 0.2) is 29.9 Å². The van der Waals surface area contributed by atoms with Crippen molar-refractivity contribution in [1.29, 1.82) is 0 Å². The van der Waals surface area contributed by atoms with Crippen molar-refractivity contribution in [3.63, 3.8) is 0 Å². The van der Waals surface area contributed by atoms with Gasteiger partial charge in [-0.2, -0.15) is 0 Å². The third-order valence-corrected chi connectivity index (χ3v) is 4.01. The molecule has 1 aromatic heterocycles. The van der Waals surface area contributed by atoms with Crippen LogP contribution in [0, 0.1) is 5.82 Å². The molecule has 0 aliphatic carbocycles. The SMILES string of the molecule is COc1ccc(C(C)NC(C)c2cncs2)cc1F. The summed E-state index contributed by atoms with van der Waals surface area (Å²) in [6.45, 7) is 4.09. The van der Waals surface area contributed by atoms with E-state index in [-0.39, 0.29) is 23.7 Å². The Balaban J connectivity index is 2.07. The predicted octanol–water partition coefficient (Wildman–Crippen LogP) is 3.70. The van der Waals surface area contributed by atoms with Gasteiger partial charge in [-0.05, 0) is 31.5 Å². The second-order valence-electron chi connectivity index (χ2n) is 4.41. The predicted molar refractivity (Wildman–Crippen MR) is 75.0 cm³/mol. The Morgan fingerprint density at radius 2 is 2.11 bits per heavy atom. The summed E-state index contributed by atoms with van der Waals surface area (Å²) in [4.78, 5) is 5.23. The average Bonchev–Trinajstić information content (AvgIpc) is 2.92. The van der Waals surface area contributed by atoms with E-state index in [2.05, 4.69) is 17.2 Å². The first kappa shape index (κ1) is 14.0. The molecule has 0 fully saturated rings. The van der Waals surface area contributed by atoms with E-state index >= 15 is 0 Å². The summed E-state index contributed by atoms with van der Waals surface area (Å²) in [6, 6.07) is 5.28. The molecule has 5 heteroatoms. The molecule has 0 aliphatic rings. The lowest BCUT2D eigenvalue weighted by Gasteiger charge is -2.19. The van der Waals surface area contributed by atoms with Crippen LogP contribution in [0.25, 0.3) is 0 Å². The molecule has 0 saturated carbocycles. The Morgan fingerprint density at radius 3 is 2.68 bits per heavy atom. The summed E-state index contributed by atoms with van der Waals surface area (Å²) in [5.74, 6) is -0.0643. The van der Waals surface area contributed by atoms with Gasteiger partial charge < -0.3 is 10.1 Å². The van der Waals surface area contributed by atoms with Crippen LogP contribution in [0.3, 0.4) is 0 Å². The van der Waals surface area contributed by atoms with E-state index in [1.54, 1.807) is 17.4 Å². The first-order valence-electron chi connectivity index (χ1n) is 6.09. The second-order valence-corrected chi connectivity index (χ2v) is 5.33. The molecule has 2 rings (SSSR count). The smallest absolute Gasteiger partial charge is 0.165 e. The number of thiazole rings is 1. The third kappa shape index (κ3) is 3.30. The van der Waals surface area contributed by atoms with E-state index in [0.717, 1.165) is 5.56 Å². The van der Waals surface area contributed by atoms with Gasteiger partial charge in [0.05, 0.1) is 12.6 Å². The monoisotopic (exact) mass is 280 g/mol. The maximum Gasteiger partial charge on any atom is 0.165 e. The fourth-order valence-corrected chi connectivity index (χ4v) is 2.58. The topological polar surface area (TPSA) is 34.1 Å². The minimum atomic E-state index is -0.334. The fourth-order valence-electron chi connectivity index (χ4n) is 1.94. The zero-order valence-corrected chi connectivity index (χ0v) is 12.0. The maximum absolute atomic E-state index is 13.7. The van der Waals surface area contributed by atoms with E-state index in [0.29, 0.717) is 0 Å². The lowest BCUT2D eigenvalue weighted by molar-refractivity contribution is 0.385. The molecule has 0 bridgehead atoms. The molecule has 1 N–H and O–H groups in total. The van der Waals surface area contributed by atoms with E-state index in [4.69, 9.17) is 4.74 Å². The number of ether oxygens (including phenoxy) is 1. The quantitative estimate of drug-likeness (QED) is 0.906. The number of aromatic nitrogens is 1. The fraction of sp³-hybridized carbons (Fsp3) is 0.357. The maximum atomic E-state index is 13.7. The first-order chi connectivity index (χ1) is 9.11. The zero-order chi connectivity index (χ0) is 13.8. The van der Waals surface area contributed by atoms with Crippen molar-refractivity contribution in [2.45, 2.75) is 25.9 Å². The van der Waals surface area contributed by atoms with Gasteiger partial charge in [0, 0.05) is 23.2 Å². The summed E-state index contributed by atoms with van der Waals surface area (Å²) in [5, 5.41) is 3.43. The van der Waals surface area contributed by atoms with Gasteiger partial charge in [-0.25, -0.2) is 4.39 Å². The van der Waals surface area contributed by atoms with Gasteiger partial charge in [0.2, 0.25) is 0 Å². The summed E-state index contributed by atoms with van der Waals surface area (Å²) >= 11 is 1.61. The van der Waals surface area contributed by atoms with E-state index in [1.165, 1.54) is 18.1 Å². The molecule has 1 heterocycles. The van der Waals surface area contributed by atoms with Crippen LogP contribution in [0.1, 0.15) is 36.4 Å². The Kier molecular flexibility index (Phi) is 4.50. The first-order valence-corrected chi connectivity index (χ1v) is 6.97. The van der Waals surface area contributed by atoms with Crippen LogP contribution in [0.4, 0.5) is 4.39 Å². The number of nitrogens with zero attached hydrogens (tertiary/aromatic N) is 1. The van der Waals surface area contributed by atoms with E-state index in [9.17, 15) is 4.39 Å². The molecule has 19 heavy (non-hydrogen) atoms. The molecule has 3 nitrogen and oxygen atoms in total. The standard InChI is InChI=1S/C14H17FN2OS/c1-9(17-10(2)14-7-16-8-19-14)11-4-5-13(18-3)12(15)6-11/h4-10,17H,1-3H3. The molecule has 0 amide bonds. The molecule has 0 saturated heterocycles. The summed E-state index contributed by atoms with van der Waals surface area (Å²) in [6.07, 6.45) is 1.85. The number of halogens is 1. The molecular formula is C14H17FN2OS. The minimum Gasteiger partial charge on any atom is -0.494 e. The molecule has 0 radical (unpaired) electrons. The van der Waals surface area contributed by atoms with Gasteiger partial charge in [-0.3, -0.25) is 4.98 Å².